The highest BCUT2D eigenvalue weighted by atomic mass is 32.1. The second-order valence-corrected chi connectivity index (χ2v) is 9.20. The van der Waals surface area contributed by atoms with Crippen molar-refractivity contribution in [1.29, 1.82) is 0 Å². The monoisotopic (exact) mass is 420 g/mol. The molecular formula is C23H24N4O2S. The van der Waals surface area contributed by atoms with E-state index < -0.39 is 0 Å². The van der Waals surface area contributed by atoms with Crippen molar-refractivity contribution >= 4 is 33.0 Å². The number of hydrogen-bond donors (Lipinski definition) is 1. The van der Waals surface area contributed by atoms with Crippen LogP contribution in [-0.4, -0.2) is 20.1 Å². The average molecular weight is 421 g/mol. The van der Waals surface area contributed by atoms with Gasteiger partial charge in [0.2, 0.25) is 5.91 Å². The highest BCUT2D eigenvalue weighted by molar-refractivity contribution is 7.19. The Hall–Kier alpha value is -2.93. The summed E-state index contributed by atoms with van der Waals surface area (Å²) in [4.78, 5) is 27.1. The minimum Gasteiger partial charge on any atom is -0.348 e. The molecule has 4 aromatic rings. The average Bonchev–Trinajstić information content (AvgIpc) is 3.27. The fraction of sp³-hybridized carbons (Fsp3) is 0.348. The summed E-state index contributed by atoms with van der Waals surface area (Å²) in [5.74, 6) is 0.607. The molecule has 3 heterocycles. The molecule has 1 aliphatic rings. The zero-order chi connectivity index (χ0) is 20.8. The zero-order valence-electron chi connectivity index (χ0n) is 17.1. The third kappa shape index (κ3) is 3.13. The van der Waals surface area contributed by atoms with E-state index in [1.165, 1.54) is 20.7 Å². The van der Waals surface area contributed by atoms with E-state index in [0.717, 1.165) is 35.3 Å². The van der Waals surface area contributed by atoms with Crippen LogP contribution >= 0.6 is 11.3 Å². The van der Waals surface area contributed by atoms with E-state index in [9.17, 15) is 9.59 Å². The van der Waals surface area contributed by atoms with Crippen molar-refractivity contribution in [1.82, 2.24) is 19.5 Å². The summed E-state index contributed by atoms with van der Waals surface area (Å²) >= 11 is 1.67. The Bertz CT molecular complexity index is 1330. The molecule has 0 bridgehead atoms. The Morgan fingerprint density at radius 2 is 2.10 bits per heavy atom. The van der Waals surface area contributed by atoms with Crippen LogP contribution in [0.25, 0.3) is 15.7 Å². The van der Waals surface area contributed by atoms with Gasteiger partial charge in [-0.2, -0.15) is 5.10 Å². The molecule has 5 rings (SSSR count). The number of carbonyl (C=O) groups is 1. The Kier molecular flexibility index (Phi) is 4.70. The first-order valence-electron chi connectivity index (χ1n) is 10.4. The van der Waals surface area contributed by atoms with Gasteiger partial charge in [0.15, 0.2) is 0 Å². The Morgan fingerprint density at radius 1 is 1.27 bits per heavy atom. The summed E-state index contributed by atoms with van der Waals surface area (Å²) in [6, 6.07) is 12.3. The lowest BCUT2D eigenvalue weighted by molar-refractivity contribution is -0.122. The summed E-state index contributed by atoms with van der Waals surface area (Å²) < 4.78 is 4.32. The predicted molar refractivity (Wildman–Crippen MR) is 119 cm³/mol. The first-order valence-corrected chi connectivity index (χ1v) is 11.3. The molecule has 30 heavy (non-hydrogen) atoms. The van der Waals surface area contributed by atoms with E-state index in [1.807, 2.05) is 29.5 Å². The molecule has 0 unspecified atom stereocenters. The van der Waals surface area contributed by atoms with Crippen molar-refractivity contribution in [3.63, 3.8) is 0 Å². The second kappa shape index (κ2) is 7.40. The van der Waals surface area contributed by atoms with E-state index in [-0.39, 0.29) is 24.1 Å². The largest absolute Gasteiger partial charge is 0.348 e. The molecule has 0 aliphatic heterocycles. The van der Waals surface area contributed by atoms with Gasteiger partial charge < -0.3 is 5.32 Å². The van der Waals surface area contributed by atoms with Gasteiger partial charge in [0.25, 0.3) is 5.56 Å². The van der Waals surface area contributed by atoms with Crippen molar-refractivity contribution in [2.75, 3.05) is 0 Å². The lowest BCUT2D eigenvalue weighted by atomic mass is 9.88. The van der Waals surface area contributed by atoms with Gasteiger partial charge in [-0.05, 0) is 49.4 Å². The normalized spacial score (nSPS) is 16.1. The molecule has 0 saturated carbocycles. The summed E-state index contributed by atoms with van der Waals surface area (Å²) in [7, 11) is 0. The number of aromatic nitrogens is 3. The van der Waals surface area contributed by atoms with Gasteiger partial charge in [0, 0.05) is 11.3 Å². The molecule has 1 atom stereocenters. The van der Waals surface area contributed by atoms with E-state index in [4.69, 9.17) is 0 Å². The predicted octanol–water partition coefficient (Wildman–Crippen LogP) is 3.78. The molecule has 0 radical (unpaired) electrons. The number of fused-ring (bicyclic) bond motifs is 4. The fourth-order valence-electron chi connectivity index (χ4n) is 4.53. The van der Waals surface area contributed by atoms with Crippen LogP contribution in [0.5, 0.6) is 0 Å². The summed E-state index contributed by atoms with van der Waals surface area (Å²) in [5.41, 5.74) is 3.85. The maximum Gasteiger partial charge on any atom is 0.291 e. The molecule has 7 heteroatoms. The van der Waals surface area contributed by atoms with Crippen LogP contribution in [-0.2, 0) is 24.2 Å². The van der Waals surface area contributed by atoms with E-state index in [2.05, 4.69) is 35.5 Å². The third-order valence-corrected chi connectivity index (χ3v) is 6.86. The maximum absolute atomic E-state index is 13.1. The third-order valence-electron chi connectivity index (χ3n) is 5.88. The smallest absolute Gasteiger partial charge is 0.291 e. The number of nitrogens with zero attached hydrogens (tertiary/aromatic N) is 3. The van der Waals surface area contributed by atoms with Crippen LogP contribution in [0.4, 0.5) is 0 Å². The van der Waals surface area contributed by atoms with Gasteiger partial charge in [-0.15, -0.1) is 11.3 Å². The standard InChI is InChI=1S/C23H24N4O2S/c1-3-21-25-26(23(29)19-12-20-18(27(19)21)11-14(2)30-20)13-22(28)24-17-10-6-8-15-7-4-5-9-16(15)17/h4-5,7,9,11-12,17H,3,6,8,10,13H2,1-2H3,(H,24,28)/t17-/m1/s1. The summed E-state index contributed by atoms with van der Waals surface area (Å²) in [5, 5.41) is 7.66. The van der Waals surface area contributed by atoms with Gasteiger partial charge in [-0.25, -0.2) is 4.68 Å². The SMILES string of the molecule is CCc1nn(CC(=O)N[C@@H]2CCCc3ccccc32)c(=O)c2cc3sc(C)cc3n12. The Labute approximate surface area is 178 Å². The van der Waals surface area contributed by atoms with Crippen LogP contribution in [0.1, 0.15) is 47.6 Å². The number of benzene rings is 1. The van der Waals surface area contributed by atoms with Crippen molar-refractivity contribution in [3.05, 3.63) is 68.6 Å². The van der Waals surface area contributed by atoms with Gasteiger partial charge in [-0.3, -0.25) is 14.0 Å². The number of hydrogen-bond acceptors (Lipinski definition) is 4. The lowest BCUT2D eigenvalue weighted by Gasteiger charge is -2.26. The van der Waals surface area contributed by atoms with Crippen molar-refractivity contribution in [3.8, 4) is 0 Å². The van der Waals surface area contributed by atoms with Crippen molar-refractivity contribution in [2.24, 2.45) is 0 Å². The van der Waals surface area contributed by atoms with Crippen LogP contribution in [0, 0.1) is 6.92 Å². The highest BCUT2D eigenvalue weighted by Gasteiger charge is 2.22. The molecule has 0 fully saturated rings. The molecule has 6 nitrogen and oxygen atoms in total. The van der Waals surface area contributed by atoms with Gasteiger partial charge in [0.1, 0.15) is 17.9 Å². The topological polar surface area (TPSA) is 68.4 Å². The number of aryl methyl sites for hydroxylation is 3. The van der Waals surface area contributed by atoms with Crippen LogP contribution in [0.3, 0.4) is 0 Å². The van der Waals surface area contributed by atoms with Gasteiger partial charge in [0.05, 0.1) is 16.3 Å². The molecule has 0 saturated heterocycles. The quantitative estimate of drug-likeness (QED) is 0.546. The lowest BCUT2D eigenvalue weighted by Crippen LogP contribution is -2.37. The minimum atomic E-state index is -0.229. The molecule has 154 valence electrons. The molecule has 1 N–H and O–H groups in total. The highest BCUT2D eigenvalue weighted by Crippen LogP contribution is 2.30. The summed E-state index contributed by atoms with van der Waals surface area (Å²) in [6.07, 6.45) is 3.68. The minimum absolute atomic E-state index is 0.00542. The number of rotatable bonds is 4. The van der Waals surface area contributed by atoms with E-state index in [1.54, 1.807) is 11.3 Å². The maximum atomic E-state index is 13.1. The van der Waals surface area contributed by atoms with Gasteiger partial charge >= 0.3 is 0 Å². The summed E-state index contributed by atoms with van der Waals surface area (Å²) in [6.45, 7) is 4.00. The number of thiophene rings is 1. The molecule has 0 spiro atoms. The Balaban J connectivity index is 1.46. The zero-order valence-corrected chi connectivity index (χ0v) is 18.0. The molecule has 3 aromatic heterocycles. The molecule has 1 amide bonds. The molecular weight excluding hydrogens is 396 g/mol. The molecule has 1 aliphatic carbocycles. The van der Waals surface area contributed by atoms with E-state index in [0.29, 0.717) is 11.9 Å². The second-order valence-electron chi connectivity index (χ2n) is 7.92. The van der Waals surface area contributed by atoms with E-state index >= 15 is 0 Å². The fourth-order valence-corrected chi connectivity index (χ4v) is 5.47. The van der Waals surface area contributed by atoms with Crippen LogP contribution < -0.4 is 10.9 Å². The van der Waals surface area contributed by atoms with Crippen LogP contribution in [0.2, 0.25) is 0 Å². The number of amides is 1. The van der Waals surface area contributed by atoms with Crippen LogP contribution in [0.15, 0.2) is 41.2 Å². The molecule has 1 aromatic carbocycles. The first-order chi connectivity index (χ1) is 14.5. The Morgan fingerprint density at radius 3 is 2.93 bits per heavy atom. The number of nitrogens with one attached hydrogen (secondary N) is 1. The first kappa shape index (κ1) is 19.1. The van der Waals surface area contributed by atoms with Crippen molar-refractivity contribution in [2.45, 2.75) is 52.1 Å². The number of carbonyl (C=O) groups excluding carboxylic acids is 1. The van der Waals surface area contributed by atoms with Crippen molar-refractivity contribution < 1.29 is 4.79 Å². The van der Waals surface area contributed by atoms with Gasteiger partial charge in [-0.1, -0.05) is 31.2 Å².